The summed E-state index contributed by atoms with van der Waals surface area (Å²) in [5.74, 6) is 1.32. The van der Waals surface area contributed by atoms with E-state index in [9.17, 15) is 15.2 Å². The third-order valence-corrected chi connectivity index (χ3v) is 7.51. The molecule has 1 fully saturated rings. The number of nitrogens with one attached hydrogen (secondary N) is 3. The Balaban J connectivity index is 1.41. The number of aliphatic hydroxyl groups excluding tert-OH is 2. The van der Waals surface area contributed by atoms with Gasteiger partial charge in [-0.15, -0.1) is 0 Å². The maximum atomic E-state index is 11.6. The maximum absolute atomic E-state index is 11.6. The Morgan fingerprint density at radius 2 is 1.74 bits per heavy atom. The number of aromatic nitrogens is 2. The predicted molar refractivity (Wildman–Crippen MR) is 152 cm³/mol. The number of anilines is 2. The molecule has 10 nitrogen and oxygen atoms in total. The van der Waals surface area contributed by atoms with E-state index >= 15 is 0 Å². The molecule has 208 valence electrons. The van der Waals surface area contributed by atoms with Crippen molar-refractivity contribution in [1.29, 1.82) is 0 Å². The van der Waals surface area contributed by atoms with Gasteiger partial charge in [0.2, 0.25) is 11.8 Å². The molecule has 0 aliphatic heterocycles. The molecule has 1 aliphatic carbocycles. The fourth-order valence-electron chi connectivity index (χ4n) is 5.06. The van der Waals surface area contributed by atoms with Crippen molar-refractivity contribution in [3.8, 4) is 11.1 Å². The molecule has 39 heavy (non-hydrogen) atoms. The summed E-state index contributed by atoms with van der Waals surface area (Å²) in [5.41, 5.74) is 5.48. The van der Waals surface area contributed by atoms with Crippen molar-refractivity contribution in [2.45, 2.75) is 45.7 Å². The van der Waals surface area contributed by atoms with Crippen LogP contribution in [0.25, 0.3) is 11.1 Å². The van der Waals surface area contributed by atoms with E-state index in [2.05, 4.69) is 63.2 Å². The topological polar surface area (TPSA) is 145 Å². The zero-order chi connectivity index (χ0) is 27.6. The van der Waals surface area contributed by atoms with Crippen LogP contribution in [0.15, 0.2) is 48.7 Å². The van der Waals surface area contributed by atoms with Crippen LogP contribution >= 0.6 is 0 Å². The number of benzene rings is 2. The first kappa shape index (κ1) is 28.4. The van der Waals surface area contributed by atoms with Crippen molar-refractivity contribution in [1.82, 2.24) is 15.3 Å². The van der Waals surface area contributed by atoms with E-state index in [1.165, 1.54) is 6.20 Å². The lowest BCUT2D eigenvalue weighted by Gasteiger charge is -2.27. The average Bonchev–Trinajstić information content (AvgIpc) is 2.96. The predicted octanol–water partition coefficient (Wildman–Crippen LogP) is 4.26. The van der Waals surface area contributed by atoms with Crippen LogP contribution < -0.4 is 16.0 Å². The molecule has 0 radical (unpaired) electrons. The monoisotopic (exact) mass is 534 g/mol. The zero-order valence-corrected chi connectivity index (χ0v) is 22.4. The summed E-state index contributed by atoms with van der Waals surface area (Å²) in [6.45, 7) is 4.79. The van der Waals surface area contributed by atoms with Crippen molar-refractivity contribution in [2.24, 2.45) is 11.8 Å². The van der Waals surface area contributed by atoms with E-state index in [0.717, 1.165) is 53.5 Å². The lowest BCUT2D eigenvalue weighted by Crippen LogP contribution is -2.23. The van der Waals surface area contributed by atoms with Crippen LogP contribution in [0.5, 0.6) is 0 Å². The Labute approximate surface area is 229 Å². The summed E-state index contributed by atoms with van der Waals surface area (Å²) in [6.07, 6.45) is 5.18. The highest BCUT2D eigenvalue weighted by Gasteiger charge is 2.23. The first-order valence-electron chi connectivity index (χ1n) is 13.6. The van der Waals surface area contributed by atoms with Gasteiger partial charge >= 0.3 is 5.69 Å². The third-order valence-electron chi connectivity index (χ3n) is 7.51. The Hall–Kier alpha value is -3.60. The standard InChI is InChI=1S/C29H38N6O4/c1-20-25(3-2-4-26(20)24-11-9-21(10-12-24)15-30-13-14-36)17-32-29-33-18-27(35(38)39)28(34-29)31-16-22-5-7-23(19-37)8-6-22/h2-4,9-12,18,22-23,30,36-37H,5-8,13-17,19H2,1H3,(H2,31,32,33,34). The molecule has 0 atom stereocenters. The van der Waals surface area contributed by atoms with E-state index in [-0.39, 0.29) is 24.7 Å². The molecule has 1 saturated carbocycles. The lowest BCUT2D eigenvalue weighted by atomic mass is 9.82. The number of hydrogen-bond acceptors (Lipinski definition) is 9. The van der Waals surface area contributed by atoms with Crippen LogP contribution in [0.3, 0.4) is 0 Å². The molecule has 0 spiro atoms. The SMILES string of the molecule is Cc1c(CNc2ncc([N+](=O)[O-])c(NCC3CCC(CO)CC3)n2)cccc1-c1ccc(CNCCO)cc1. The first-order chi connectivity index (χ1) is 19.0. The molecule has 0 unspecified atom stereocenters. The van der Waals surface area contributed by atoms with E-state index in [0.29, 0.717) is 44.0 Å². The molecular weight excluding hydrogens is 496 g/mol. The normalized spacial score (nSPS) is 17.1. The van der Waals surface area contributed by atoms with E-state index in [1.807, 2.05) is 12.1 Å². The summed E-state index contributed by atoms with van der Waals surface area (Å²) in [7, 11) is 0. The molecule has 10 heteroatoms. The lowest BCUT2D eigenvalue weighted by molar-refractivity contribution is -0.384. The first-order valence-corrected chi connectivity index (χ1v) is 13.6. The second-order valence-electron chi connectivity index (χ2n) is 10.2. The minimum Gasteiger partial charge on any atom is -0.396 e. The molecule has 1 aliphatic rings. The minimum absolute atomic E-state index is 0.119. The third kappa shape index (κ3) is 7.72. The molecule has 3 aromatic rings. The van der Waals surface area contributed by atoms with E-state index in [4.69, 9.17) is 5.11 Å². The van der Waals surface area contributed by atoms with Crippen molar-refractivity contribution in [2.75, 3.05) is 36.9 Å². The number of rotatable bonds is 13. The summed E-state index contributed by atoms with van der Waals surface area (Å²) in [4.78, 5) is 19.7. The summed E-state index contributed by atoms with van der Waals surface area (Å²) in [6, 6.07) is 14.5. The summed E-state index contributed by atoms with van der Waals surface area (Å²) < 4.78 is 0. The quantitative estimate of drug-likeness (QED) is 0.123. The Morgan fingerprint density at radius 1 is 1.00 bits per heavy atom. The van der Waals surface area contributed by atoms with Crippen molar-refractivity contribution in [3.05, 3.63) is 75.5 Å². The zero-order valence-electron chi connectivity index (χ0n) is 22.4. The molecule has 2 aromatic carbocycles. The minimum atomic E-state index is -0.462. The van der Waals surface area contributed by atoms with E-state index in [1.54, 1.807) is 0 Å². The van der Waals surface area contributed by atoms with Gasteiger partial charge in [0.05, 0.1) is 11.5 Å². The highest BCUT2D eigenvalue weighted by molar-refractivity contribution is 5.69. The number of nitro groups is 1. The molecule has 0 bridgehead atoms. The van der Waals surface area contributed by atoms with Gasteiger partial charge in [-0.2, -0.15) is 4.98 Å². The van der Waals surface area contributed by atoms with Crippen molar-refractivity contribution in [3.63, 3.8) is 0 Å². The van der Waals surface area contributed by atoms with Gasteiger partial charge in [0.1, 0.15) is 6.20 Å². The summed E-state index contributed by atoms with van der Waals surface area (Å²) in [5, 5.41) is 39.5. The van der Waals surface area contributed by atoms with Crippen LogP contribution in [0.2, 0.25) is 0 Å². The molecule has 0 amide bonds. The molecule has 1 heterocycles. The molecule has 1 aromatic heterocycles. The van der Waals surface area contributed by atoms with Gasteiger partial charge in [-0.25, -0.2) is 4.98 Å². The van der Waals surface area contributed by atoms with Crippen LogP contribution in [-0.2, 0) is 13.1 Å². The number of hydrogen-bond donors (Lipinski definition) is 5. The largest absolute Gasteiger partial charge is 0.396 e. The van der Waals surface area contributed by atoms with Gasteiger partial charge < -0.3 is 26.2 Å². The van der Waals surface area contributed by atoms with Gasteiger partial charge in [0.15, 0.2) is 0 Å². The van der Waals surface area contributed by atoms with Gasteiger partial charge in [0, 0.05) is 32.8 Å². The second-order valence-corrected chi connectivity index (χ2v) is 10.2. The Bertz CT molecular complexity index is 1230. The highest BCUT2D eigenvalue weighted by atomic mass is 16.6. The number of nitrogens with zero attached hydrogens (tertiary/aromatic N) is 3. The smallest absolute Gasteiger partial charge is 0.329 e. The summed E-state index contributed by atoms with van der Waals surface area (Å²) >= 11 is 0. The van der Waals surface area contributed by atoms with Crippen LogP contribution in [-0.4, -0.2) is 51.4 Å². The Kier molecular flexibility index (Phi) is 10.2. The van der Waals surface area contributed by atoms with Crippen LogP contribution in [0, 0.1) is 28.9 Å². The molecular formula is C29H38N6O4. The molecule has 5 N–H and O–H groups in total. The van der Waals surface area contributed by atoms with Crippen molar-refractivity contribution >= 4 is 17.5 Å². The highest BCUT2D eigenvalue weighted by Crippen LogP contribution is 2.30. The fourth-order valence-corrected chi connectivity index (χ4v) is 5.06. The van der Waals surface area contributed by atoms with Crippen LogP contribution in [0.1, 0.15) is 42.4 Å². The average molecular weight is 535 g/mol. The molecule has 0 saturated heterocycles. The van der Waals surface area contributed by atoms with Gasteiger partial charge in [-0.1, -0.05) is 42.5 Å². The Morgan fingerprint density at radius 3 is 2.44 bits per heavy atom. The number of aliphatic hydroxyl groups is 2. The van der Waals surface area contributed by atoms with Crippen LogP contribution in [0.4, 0.5) is 17.5 Å². The van der Waals surface area contributed by atoms with Gasteiger partial charge in [-0.3, -0.25) is 10.1 Å². The van der Waals surface area contributed by atoms with Crippen molar-refractivity contribution < 1.29 is 15.1 Å². The van der Waals surface area contributed by atoms with E-state index < -0.39 is 4.92 Å². The molecule has 4 rings (SSSR count). The maximum Gasteiger partial charge on any atom is 0.329 e. The van der Waals surface area contributed by atoms with Gasteiger partial charge in [-0.05, 0) is 72.3 Å². The van der Waals surface area contributed by atoms with Gasteiger partial charge in [0.25, 0.3) is 0 Å². The second kappa shape index (κ2) is 14.0. The fraction of sp³-hybridized carbons (Fsp3) is 0.448.